The smallest absolute Gasteiger partial charge is 0.0295 e. The van der Waals surface area contributed by atoms with Gasteiger partial charge in [0.25, 0.3) is 0 Å². The number of hydrogen-bond acceptors (Lipinski definition) is 2. The molecule has 0 bridgehead atoms. The Hall–Kier alpha value is -0.860. The molecule has 1 unspecified atom stereocenters. The van der Waals surface area contributed by atoms with E-state index in [1.54, 1.807) is 0 Å². The molecule has 2 heteroatoms. The Morgan fingerprint density at radius 3 is 2.35 bits per heavy atom. The number of aryl methyl sites for hydroxylation is 3. The first-order chi connectivity index (χ1) is 9.58. The highest BCUT2D eigenvalue weighted by molar-refractivity contribution is 5.37. The van der Waals surface area contributed by atoms with Crippen molar-refractivity contribution in [2.24, 2.45) is 0 Å². The van der Waals surface area contributed by atoms with E-state index in [-0.39, 0.29) is 0 Å². The van der Waals surface area contributed by atoms with Gasteiger partial charge in [0.1, 0.15) is 0 Å². The van der Waals surface area contributed by atoms with Gasteiger partial charge in [0.05, 0.1) is 0 Å². The second-order valence-corrected chi connectivity index (χ2v) is 6.37. The second kappa shape index (κ2) is 7.24. The van der Waals surface area contributed by atoms with Gasteiger partial charge in [-0.1, -0.05) is 18.6 Å². The van der Waals surface area contributed by atoms with E-state index >= 15 is 0 Å². The molecule has 0 radical (unpaired) electrons. The number of hydrogen-bond donors (Lipinski definition) is 1. The third-order valence-corrected chi connectivity index (χ3v) is 4.68. The highest BCUT2D eigenvalue weighted by Crippen LogP contribution is 2.21. The van der Waals surface area contributed by atoms with Crippen LogP contribution in [0.15, 0.2) is 12.1 Å². The lowest BCUT2D eigenvalue weighted by molar-refractivity contribution is 0.227. The summed E-state index contributed by atoms with van der Waals surface area (Å²) in [5, 5.41) is 3.69. The third kappa shape index (κ3) is 4.07. The highest BCUT2D eigenvalue weighted by Gasteiger charge is 2.12. The van der Waals surface area contributed by atoms with Gasteiger partial charge in [-0.05, 0) is 75.9 Å². The Morgan fingerprint density at radius 1 is 1.00 bits per heavy atom. The minimum Gasteiger partial charge on any atom is -0.309 e. The molecule has 1 aromatic rings. The average molecular weight is 274 g/mol. The van der Waals surface area contributed by atoms with E-state index in [2.05, 4.69) is 50.0 Å². The zero-order chi connectivity index (χ0) is 14.5. The largest absolute Gasteiger partial charge is 0.309 e. The van der Waals surface area contributed by atoms with Gasteiger partial charge >= 0.3 is 0 Å². The quantitative estimate of drug-likeness (QED) is 0.879. The van der Waals surface area contributed by atoms with Crippen molar-refractivity contribution in [3.63, 3.8) is 0 Å². The Balaban J connectivity index is 1.85. The molecule has 2 rings (SSSR count). The molecule has 0 aromatic heterocycles. The van der Waals surface area contributed by atoms with Gasteiger partial charge in [-0.25, -0.2) is 0 Å². The van der Waals surface area contributed by atoms with Crippen LogP contribution in [0.5, 0.6) is 0 Å². The molecule has 0 amide bonds. The van der Waals surface area contributed by atoms with Crippen molar-refractivity contribution < 1.29 is 0 Å². The summed E-state index contributed by atoms with van der Waals surface area (Å²) in [7, 11) is 0. The molecule has 1 fully saturated rings. The Kier molecular flexibility index (Phi) is 5.62. The monoisotopic (exact) mass is 274 g/mol. The first-order valence-electron chi connectivity index (χ1n) is 8.11. The third-order valence-electron chi connectivity index (χ3n) is 4.68. The van der Waals surface area contributed by atoms with E-state index in [1.807, 2.05) is 0 Å². The maximum absolute atomic E-state index is 3.69. The first kappa shape index (κ1) is 15.5. The molecule has 1 saturated heterocycles. The van der Waals surface area contributed by atoms with Crippen molar-refractivity contribution in [1.82, 2.24) is 10.2 Å². The van der Waals surface area contributed by atoms with Crippen LogP contribution in [0, 0.1) is 20.8 Å². The van der Waals surface area contributed by atoms with Gasteiger partial charge in [0.2, 0.25) is 0 Å². The number of piperidine rings is 1. The predicted octanol–water partition coefficient (Wildman–Crippen LogP) is 3.75. The Morgan fingerprint density at radius 2 is 1.65 bits per heavy atom. The molecule has 1 N–H and O–H groups in total. The molecule has 1 aromatic carbocycles. The summed E-state index contributed by atoms with van der Waals surface area (Å²) in [5.74, 6) is 0. The van der Waals surface area contributed by atoms with Crippen molar-refractivity contribution >= 4 is 0 Å². The summed E-state index contributed by atoms with van der Waals surface area (Å²) in [6, 6.07) is 5.11. The van der Waals surface area contributed by atoms with E-state index in [9.17, 15) is 0 Å². The summed E-state index contributed by atoms with van der Waals surface area (Å²) in [6.45, 7) is 13.8. The van der Waals surface area contributed by atoms with Gasteiger partial charge in [-0.2, -0.15) is 0 Å². The number of likely N-dealkylation sites (tertiary alicyclic amines) is 1. The van der Waals surface area contributed by atoms with Crippen molar-refractivity contribution in [2.75, 3.05) is 26.2 Å². The summed E-state index contributed by atoms with van der Waals surface area (Å²) in [4.78, 5) is 2.59. The molecule has 0 saturated carbocycles. The number of nitrogens with one attached hydrogen (secondary N) is 1. The lowest BCUT2D eigenvalue weighted by Crippen LogP contribution is -2.36. The fraction of sp³-hybridized carbons (Fsp3) is 0.667. The van der Waals surface area contributed by atoms with E-state index < -0.39 is 0 Å². The molecular weight excluding hydrogens is 244 g/mol. The maximum atomic E-state index is 3.69. The molecule has 112 valence electrons. The number of rotatable bonds is 5. The Bertz CT molecular complexity index is 433. The van der Waals surface area contributed by atoms with Gasteiger partial charge in [0.15, 0.2) is 0 Å². The number of benzene rings is 1. The van der Waals surface area contributed by atoms with Crippen molar-refractivity contribution in [3.8, 4) is 0 Å². The van der Waals surface area contributed by atoms with Crippen LogP contribution >= 0.6 is 0 Å². The molecule has 1 aliphatic heterocycles. The van der Waals surface area contributed by atoms with Crippen LogP contribution in [-0.4, -0.2) is 31.1 Å². The molecular formula is C18H30N2. The van der Waals surface area contributed by atoms with Gasteiger partial charge in [0, 0.05) is 19.1 Å². The molecule has 2 nitrogen and oxygen atoms in total. The maximum Gasteiger partial charge on any atom is 0.0295 e. The molecule has 1 heterocycles. The van der Waals surface area contributed by atoms with Crippen molar-refractivity contribution in [3.05, 3.63) is 34.4 Å². The summed E-state index contributed by atoms with van der Waals surface area (Å²) in [5.41, 5.74) is 5.65. The molecule has 0 aliphatic carbocycles. The van der Waals surface area contributed by atoms with E-state index in [4.69, 9.17) is 0 Å². The summed E-state index contributed by atoms with van der Waals surface area (Å²) in [6.07, 6.45) is 4.18. The molecule has 1 atom stereocenters. The normalized spacial score (nSPS) is 18.2. The van der Waals surface area contributed by atoms with Gasteiger partial charge in [-0.3, -0.25) is 0 Å². The van der Waals surface area contributed by atoms with E-state index in [0.717, 1.165) is 6.54 Å². The second-order valence-electron chi connectivity index (χ2n) is 6.37. The zero-order valence-corrected chi connectivity index (χ0v) is 13.6. The van der Waals surface area contributed by atoms with Crippen LogP contribution in [0.3, 0.4) is 0 Å². The van der Waals surface area contributed by atoms with Crippen LogP contribution in [-0.2, 0) is 0 Å². The number of nitrogens with zero attached hydrogens (tertiary/aromatic N) is 1. The van der Waals surface area contributed by atoms with Crippen LogP contribution in [0.4, 0.5) is 0 Å². The summed E-state index contributed by atoms with van der Waals surface area (Å²) < 4.78 is 0. The topological polar surface area (TPSA) is 15.3 Å². The van der Waals surface area contributed by atoms with Crippen LogP contribution in [0.25, 0.3) is 0 Å². The van der Waals surface area contributed by atoms with Crippen molar-refractivity contribution in [2.45, 2.75) is 53.0 Å². The van der Waals surface area contributed by atoms with Gasteiger partial charge in [-0.15, -0.1) is 0 Å². The SMILES string of the molecule is Cc1cc(C)c(C(C)NCCN2CCCCC2)cc1C. The minimum absolute atomic E-state index is 0.444. The fourth-order valence-electron chi connectivity index (χ4n) is 3.18. The summed E-state index contributed by atoms with van der Waals surface area (Å²) >= 11 is 0. The predicted molar refractivity (Wildman–Crippen MR) is 87.4 cm³/mol. The highest BCUT2D eigenvalue weighted by atomic mass is 15.1. The molecule has 0 spiro atoms. The lowest BCUT2D eigenvalue weighted by atomic mass is 9.96. The van der Waals surface area contributed by atoms with E-state index in [0.29, 0.717) is 6.04 Å². The Labute approximate surface area is 124 Å². The average Bonchev–Trinajstić information content (AvgIpc) is 2.44. The minimum atomic E-state index is 0.444. The van der Waals surface area contributed by atoms with Crippen LogP contribution in [0.1, 0.15) is 54.5 Å². The van der Waals surface area contributed by atoms with Crippen LogP contribution < -0.4 is 5.32 Å². The standard InChI is InChI=1S/C18H30N2/c1-14-12-16(3)18(13-15(14)2)17(4)19-8-11-20-9-6-5-7-10-20/h12-13,17,19H,5-11H2,1-4H3. The van der Waals surface area contributed by atoms with Crippen molar-refractivity contribution in [1.29, 1.82) is 0 Å². The zero-order valence-electron chi connectivity index (χ0n) is 13.6. The first-order valence-corrected chi connectivity index (χ1v) is 8.11. The van der Waals surface area contributed by atoms with Gasteiger partial charge < -0.3 is 10.2 Å². The lowest BCUT2D eigenvalue weighted by Gasteiger charge is -2.27. The van der Waals surface area contributed by atoms with E-state index in [1.165, 1.54) is 61.2 Å². The molecule has 1 aliphatic rings. The van der Waals surface area contributed by atoms with Crippen LogP contribution in [0.2, 0.25) is 0 Å². The fourth-order valence-corrected chi connectivity index (χ4v) is 3.18. The molecule has 20 heavy (non-hydrogen) atoms.